The van der Waals surface area contributed by atoms with Gasteiger partial charge in [-0.1, -0.05) is 67.7 Å². The summed E-state index contributed by atoms with van der Waals surface area (Å²) in [5.41, 5.74) is 0. The molecule has 2 saturated heterocycles. The van der Waals surface area contributed by atoms with Crippen LogP contribution in [0.15, 0.2) is 0 Å². The second-order valence-electron chi connectivity index (χ2n) is 6.08. The molecular formula is C21H48N2O. The first-order chi connectivity index (χ1) is 11.8. The van der Waals surface area contributed by atoms with Crippen LogP contribution in [0, 0.1) is 0 Å². The monoisotopic (exact) mass is 344 g/mol. The minimum atomic E-state index is 0.524. The summed E-state index contributed by atoms with van der Waals surface area (Å²) in [5.74, 6) is 0. The summed E-state index contributed by atoms with van der Waals surface area (Å²) in [6.45, 7) is 20.4. The summed E-state index contributed by atoms with van der Waals surface area (Å²) < 4.78 is 6.12. The van der Waals surface area contributed by atoms with Crippen molar-refractivity contribution in [1.82, 2.24) is 9.80 Å². The number of likely N-dealkylation sites (N-methyl/N-ethyl adjacent to an activating group) is 1. The molecule has 0 atom stereocenters. The van der Waals surface area contributed by atoms with Crippen molar-refractivity contribution in [3.05, 3.63) is 0 Å². The average Bonchev–Trinajstić information content (AvgIpc) is 2.64. The molecule has 0 saturated carbocycles. The van der Waals surface area contributed by atoms with Crippen molar-refractivity contribution < 1.29 is 4.74 Å². The van der Waals surface area contributed by atoms with Crippen LogP contribution < -0.4 is 0 Å². The number of hydrogen-bond acceptors (Lipinski definition) is 3. The fourth-order valence-corrected chi connectivity index (χ4v) is 3.03. The molecular weight excluding hydrogens is 296 g/mol. The topological polar surface area (TPSA) is 15.7 Å². The molecule has 0 spiro atoms. The SMILES string of the molecule is CC.CC.CC.CCCCCCN1CCC(OC2CN(C)C2)CC1. The van der Waals surface area contributed by atoms with Gasteiger partial charge in [0.05, 0.1) is 12.2 Å². The van der Waals surface area contributed by atoms with E-state index in [-0.39, 0.29) is 0 Å². The lowest BCUT2D eigenvalue weighted by Gasteiger charge is -2.40. The van der Waals surface area contributed by atoms with Crippen LogP contribution in [0.5, 0.6) is 0 Å². The van der Waals surface area contributed by atoms with E-state index >= 15 is 0 Å². The van der Waals surface area contributed by atoms with Crippen LogP contribution in [-0.4, -0.2) is 61.8 Å². The van der Waals surface area contributed by atoms with Gasteiger partial charge >= 0.3 is 0 Å². The molecule has 0 unspecified atom stereocenters. The van der Waals surface area contributed by atoms with E-state index in [1.54, 1.807) is 0 Å². The maximum Gasteiger partial charge on any atom is 0.0832 e. The summed E-state index contributed by atoms with van der Waals surface area (Å²) in [7, 11) is 2.17. The Morgan fingerprint density at radius 2 is 1.33 bits per heavy atom. The molecule has 0 aromatic rings. The predicted molar refractivity (Wildman–Crippen MR) is 110 cm³/mol. The lowest BCUT2D eigenvalue weighted by atomic mass is 10.1. The summed E-state index contributed by atoms with van der Waals surface area (Å²) in [6.07, 6.45) is 9.07. The average molecular weight is 345 g/mol. The summed E-state index contributed by atoms with van der Waals surface area (Å²) in [6, 6.07) is 0. The Hall–Kier alpha value is -0.120. The van der Waals surface area contributed by atoms with Gasteiger partial charge in [-0.05, 0) is 32.9 Å². The minimum Gasteiger partial charge on any atom is -0.372 e. The number of unbranched alkanes of at least 4 members (excludes halogenated alkanes) is 3. The first-order valence-corrected chi connectivity index (χ1v) is 10.8. The predicted octanol–water partition coefficient (Wildman–Crippen LogP) is 5.44. The van der Waals surface area contributed by atoms with Crippen molar-refractivity contribution in [3.8, 4) is 0 Å². The highest BCUT2D eigenvalue weighted by Crippen LogP contribution is 2.19. The van der Waals surface area contributed by atoms with Gasteiger partial charge in [0.2, 0.25) is 0 Å². The molecule has 2 rings (SSSR count). The van der Waals surface area contributed by atoms with Gasteiger partial charge < -0.3 is 14.5 Å². The van der Waals surface area contributed by atoms with Crippen molar-refractivity contribution >= 4 is 0 Å². The smallest absolute Gasteiger partial charge is 0.0832 e. The van der Waals surface area contributed by atoms with Gasteiger partial charge in [-0.15, -0.1) is 0 Å². The number of hydrogen-bond donors (Lipinski definition) is 0. The second kappa shape index (κ2) is 19.2. The zero-order chi connectivity index (χ0) is 18.8. The standard InChI is InChI=1S/C15H30N2O.3C2H6/c1-3-4-5-6-9-17-10-7-14(8-11-17)18-15-12-16(2)13-15;3*1-2/h14-15H,3-13H2,1-2H3;3*1-2H3. The van der Waals surface area contributed by atoms with Crippen LogP contribution in [0.25, 0.3) is 0 Å². The van der Waals surface area contributed by atoms with Crippen molar-refractivity contribution in [1.29, 1.82) is 0 Å². The number of nitrogens with zero attached hydrogens (tertiary/aromatic N) is 2. The molecule has 0 N–H and O–H groups in total. The molecule has 0 bridgehead atoms. The molecule has 0 amide bonds. The largest absolute Gasteiger partial charge is 0.372 e. The molecule has 0 radical (unpaired) electrons. The first-order valence-electron chi connectivity index (χ1n) is 10.8. The van der Waals surface area contributed by atoms with Crippen LogP contribution in [0.2, 0.25) is 0 Å². The first kappa shape index (κ1) is 26.1. The zero-order valence-corrected chi connectivity index (χ0v) is 18.2. The molecule has 2 fully saturated rings. The van der Waals surface area contributed by atoms with Crippen LogP contribution in [0.1, 0.15) is 87.0 Å². The zero-order valence-electron chi connectivity index (χ0n) is 18.2. The third kappa shape index (κ3) is 12.3. The molecule has 3 nitrogen and oxygen atoms in total. The summed E-state index contributed by atoms with van der Waals surface area (Å²) >= 11 is 0. The molecule has 0 aromatic carbocycles. The lowest BCUT2D eigenvalue weighted by molar-refractivity contribution is -0.0999. The Bertz CT molecular complexity index is 222. The molecule has 2 heterocycles. The van der Waals surface area contributed by atoms with Gasteiger partial charge in [-0.2, -0.15) is 0 Å². The minimum absolute atomic E-state index is 0.524. The summed E-state index contributed by atoms with van der Waals surface area (Å²) in [5, 5.41) is 0. The summed E-state index contributed by atoms with van der Waals surface area (Å²) in [4.78, 5) is 4.95. The van der Waals surface area contributed by atoms with E-state index in [4.69, 9.17) is 4.74 Å². The lowest BCUT2D eigenvalue weighted by Crippen LogP contribution is -2.52. The molecule has 24 heavy (non-hydrogen) atoms. The Balaban J connectivity index is 0. The van der Waals surface area contributed by atoms with Crippen LogP contribution in [-0.2, 0) is 4.74 Å². The normalized spacial score (nSPS) is 19.0. The third-order valence-electron chi connectivity index (χ3n) is 4.28. The molecule has 3 heteroatoms. The Morgan fingerprint density at radius 3 is 1.79 bits per heavy atom. The third-order valence-corrected chi connectivity index (χ3v) is 4.28. The highest BCUT2D eigenvalue weighted by molar-refractivity contribution is 4.81. The molecule has 0 aliphatic carbocycles. The Labute approximate surface area is 154 Å². The quantitative estimate of drug-likeness (QED) is 0.572. The van der Waals surface area contributed by atoms with Crippen LogP contribution in [0.4, 0.5) is 0 Å². The molecule has 2 aliphatic heterocycles. The van der Waals surface area contributed by atoms with Gasteiger partial charge in [0.1, 0.15) is 0 Å². The van der Waals surface area contributed by atoms with Gasteiger partial charge in [-0.25, -0.2) is 0 Å². The fraction of sp³-hybridized carbons (Fsp3) is 1.00. The van der Waals surface area contributed by atoms with Crippen molar-refractivity contribution in [3.63, 3.8) is 0 Å². The van der Waals surface area contributed by atoms with Crippen molar-refractivity contribution in [2.75, 3.05) is 39.8 Å². The maximum atomic E-state index is 6.12. The van der Waals surface area contributed by atoms with Gasteiger partial charge in [-0.3, -0.25) is 0 Å². The van der Waals surface area contributed by atoms with E-state index in [2.05, 4.69) is 23.8 Å². The van der Waals surface area contributed by atoms with Crippen molar-refractivity contribution in [2.24, 2.45) is 0 Å². The van der Waals surface area contributed by atoms with Crippen molar-refractivity contribution in [2.45, 2.75) is 99.2 Å². The second-order valence-corrected chi connectivity index (χ2v) is 6.08. The van der Waals surface area contributed by atoms with E-state index in [1.165, 1.54) is 58.2 Å². The highest BCUT2D eigenvalue weighted by Gasteiger charge is 2.28. The van der Waals surface area contributed by atoms with Crippen LogP contribution in [0.3, 0.4) is 0 Å². The van der Waals surface area contributed by atoms with Gasteiger partial charge in [0.15, 0.2) is 0 Å². The number of piperidine rings is 1. The highest BCUT2D eigenvalue weighted by atomic mass is 16.5. The number of rotatable bonds is 7. The van der Waals surface area contributed by atoms with E-state index in [0.29, 0.717) is 12.2 Å². The Morgan fingerprint density at radius 1 is 0.792 bits per heavy atom. The Kier molecular flexibility index (Phi) is 20.9. The van der Waals surface area contributed by atoms with E-state index in [9.17, 15) is 0 Å². The fourth-order valence-electron chi connectivity index (χ4n) is 3.03. The van der Waals surface area contributed by atoms with Gasteiger partial charge in [0.25, 0.3) is 0 Å². The van der Waals surface area contributed by atoms with E-state index in [1.807, 2.05) is 41.5 Å². The van der Waals surface area contributed by atoms with E-state index in [0.717, 1.165) is 13.1 Å². The van der Waals surface area contributed by atoms with E-state index < -0.39 is 0 Å². The molecule has 0 aromatic heterocycles. The number of ether oxygens (including phenoxy) is 1. The van der Waals surface area contributed by atoms with Crippen LogP contribution >= 0.6 is 0 Å². The number of likely N-dealkylation sites (tertiary alicyclic amines) is 2. The molecule has 2 aliphatic rings. The maximum absolute atomic E-state index is 6.12. The molecule has 148 valence electrons. The van der Waals surface area contributed by atoms with Gasteiger partial charge in [0, 0.05) is 26.2 Å².